The second-order valence-corrected chi connectivity index (χ2v) is 11.0. The molecule has 0 saturated heterocycles. The normalized spacial score (nSPS) is 18.7. The molecule has 1 heterocycles. The first-order chi connectivity index (χ1) is 18.4. The van der Waals surface area contributed by atoms with Crippen molar-refractivity contribution in [3.8, 4) is 5.75 Å². The van der Waals surface area contributed by atoms with Crippen molar-refractivity contribution in [2.24, 2.45) is 4.99 Å². The molecule has 1 aliphatic rings. The van der Waals surface area contributed by atoms with Crippen LogP contribution in [-0.4, -0.2) is 53.3 Å². The number of rotatable bonds is 12. The van der Waals surface area contributed by atoms with E-state index in [-0.39, 0.29) is 31.9 Å². The van der Waals surface area contributed by atoms with E-state index >= 15 is 0 Å². The van der Waals surface area contributed by atoms with E-state index in [1.165, 1.54) is 0 Å². The first-order valence-electron chi connectivity index (χ1n) is 12.7. The number of halogens is 2. The molecule has 0 aliphatic carbocycles. The summed E-state index contributed by atoms with van der Waals surface area (Å²) in [4.78, 5) is 30.8. The number of hydrogen-bond donors (Lipinski definition) is 3. The lowest BCUT2D eigenvalue weighted by atomic mass is 9.88. The van der Waals surface area contributed by atoms with Crippen molar-refractivity contribution in [2.45, 2.75) is 70.7 Å². The van der Waals surface area contributed by atoms with Crippen molar-refractivity contribution >= 4 is 41.0 Å². The number of hydrogen-bond acceptors (Lipinski definition) is 8. The van der Waals surface area contributed by atoms with Gasteiger partial charge >= 0.3 is 5.97 Å². The minimum atomic E-state index is -1.38. The van der Waals surface area contributed by atoms with E-state index in [1.807, 2.05) is 0 Å². The van der Waals surface area contributed by atoms with Crippen LogP contribution < -0.4 is 15.6 Å². The largest absolute Gasteiger partial charge is 0.494 e. The van der Waals surface area contributed by atoms with Crippen molar-refractivity contribution in [3.05, 3.63) is 63.6 Å². The summed E-state index contributed by atoms with van der Waals surface area (Å²) in [5, 5.41) is 9.78. The van der Waals surface area contributed by atoms with E-state index in [4.69, 9.17) is 47.5 Å². The second-order valence-electron chi connectivity index (χ2n) is 10.2. The minimum Gasteiger partial charge on any atom is -0.494 e. The number of aliphatic hydroxyl groups excluding tert-OH is 1. The van der Waals surface area contributed by atoms with Gasteiger partial charge in [-0.25, -0.2) is 10.4 Å². The zero-order valence-corrected chi connectivity index (χ0v) is 24.1. The Labute approximate surface area is 238 Å². The molecule has 0 aromatic heterocycles. The SMILES string of the molecule is C[C@@H]1OC(c2ccc(OCCCO)cc2)=N[C@]1(CCC(=O)OC(C)(C)C)C(=O)NNCc1ccc(Cl)c(Cl)c1. The number of ether oxygens (including phenoxy) is 3. The fraction of sp³-hybridized carbons (Fsp3) is 0.464. The maximum absolute atomic E-state index is 13.6. The molecule has 11 heteroatoms. The number of hydrazine groups is 1. The zero-order valence-electron chi connectivity index (χ0n) is 22.6. The van der Waals surface area contributed by atoms with E-state index in [0.29, 0.717) is 34.4 Å². The van der Waals surface area contributed by atoms with Crippen LogP contribution >= 0.6 is 23.2 Å². The van der Waals surface area contributed by atoms with Crippen LogP contribution in [0.5, 0.6) is 5.75 Å². The van der Waals surface area contributed by atoms with E-state index in [9.17, 15) is 9.59 Å². The van der Waals surface area contributed by atoms with Gasteiger partial charge in [-0.15, -0.1) is 0 Å². The topological polar surface area (TPSA) is 118 Å². The summed E-state index contributed by atoms with van der Waals surface area (Å²) in [7, 11) is 0. The average molecular weight is 581 g/mol. The van der Waals surface area contributed by atoms with E-state index in [1.54, 1.807) is 70.2 Å². The quantitative estimate of drug-likeness (QED) is 0.191. The van der Waals surface area contributed by atoms with Gasteiger partial charge in [0.1, 0.15) is 17.5 Å². The fourth-order valence-electron chi connectivity index (χ4n) is 3.92. The Hall–Kier alpha value is -2.85. The van der Waals surface area contributed by atoms with Crippen molar-refractivity contribution in [1.29, 1.82) is 0 Å². The van der Waals surface area contributed by atoms with Gasteiger partial charge < -0.3 is 19.3 Å². The molecule has 39 heavy (non-hydrogen) atoms. The molecule has 0 saturated carbocycles. The molecule has 2 aromatic carbocycles. The lowest BCUT2D eigenvalue weighted by molar-refractivity contribution is -0.155. The number of esters is 1. The Balaban J connectivity index is 1.78. The smallest absolute Gasteiger partial charge is 0.306 e. The van der Waals surface area contributed by atoms with Gasteiger partial charge in [-0.2, -0.15) is 0 Å². The molecule has 2 atom stereocenters. The minimum absolute atomic E-state index is 0.0282. The van der Waals surface area contributed by atoms with Crippen LogP contribution in [0.4, 0.5) is 0 Å². The standard InChI is InChI=1S/C28H35Cl2N3O6/c1-18-28(13-12-24(35)39-27(2,3)4,26(36)33-31-17-19-6-11-22(29)23(30)16-19)32-25(38-18)20-7-9-21(10-8-20)37-15-5-14-34/h6-11,16,18,31,34H,5,12-15,17H2,1-4H3,(H,33,36)/t18-,28-/m0/s1. The van der Waals surface area contributed by atoms with Crippen LogP contribution in [0.1, 0.15) is 58.1 Å². The molecule has 1 amide bonds. The number of aliphatic imine (C=N–C) groups is 1. The summed E-state index contributed by atoms with van der Waals surface area (Å²) in [6, 6.07) is 12.3. The first kappa shape index (κ1) is 30.7. The summed E-state index contributed by atoms with van der Waals surface area (Å²) in [6.45, 7) is 7.84. The van der Waals surface area contributed by atoms with E-state index < -0.39 is 29.1 Å². The number of carbonyl (C=O) groups is 2. The molecule has 0 radical (unpaired) electrons. The molecular weight excluding hydrogens is 545 g/mol. The zero-order chi connectivity index (χ0) is 28.6. The van der Waals surface area contributed by atoms with Gasteiger partial charge in [-0.05, 0) is 76.1 Å². The van der Waals surface area contributed by atoms with Crippen LogP contribution in [0.15, 0.2) is 47.5 Å². The Morgan fingerprint density at radius 2 is 1.85 bits per heavy atom. The van der Waals surface area contributed by atoms with Crippen molar-refractivity contribution in [3.63, 3.8) is 0 Å². The van der Waals surface area contributed by atoms with E-state index in [0.717, 1.165) is 5.56 Å². The molecule has 2 aromatic rings. The Morgan fingerprint density at radius 3 is 2.49 bits per heavy atom. The van der Waals surface area contributed by atoms with Crippen LogP contribution in [0.25, 0.3) is 0 Å². The van der Waals surface area contributed by atoms with Crippen LogP contribution in [-0.2, 0) is 25.6 Å². The van der Waals surface area contributed by atoms with Gasteiger partial charge in [-0.1, -0.05) is 29.3 Å². The molecule has 0 bridgehead atoms. The third-order valence-corrected chi connectivity index (χ3v) is 6.68. The molecule has 3 rings (SSSR count). The lowest BCUT2D eigenvalue weighted by Crippen LogP contribution is -2.54. The van der Waals surface area contributed by atoms with Gasteiger partial charge in [0.15, 0.2) is 5.54 Å². The molecule has 0 spiro atoms. The second kappa shape index (κ2) is 13.5. The molecule has 0 unspecified atom stereocenters. The van der Waals surface area contributed by atoms with E-state index in [2.05, 4.69) is 10.9 Å². The number of aliphatic hydroxyl groups is 1. The molecule has 1 aliphatic heterocycles. The predicted octanol–water partition coefficient (Wildman–Crippen LogP) is 4.60. The Kier molecular flexibility index (Phi) is 10.6. The highest BCUT2D eigenvalue weighted by atomic mass is 35.5. The number of benzene rings is 2. The summed E-state index contributed by atoms with van der Waals surface area (Å²) >= 11 is 12.1. The van der Waals surface area contributed by atoms with Gasteiger partial charge in [0.05, 0.1) is 16.7 Å². The van der Waals surface area contributed by atoms with Gasteiger partial charge in [-0.3, -0.25) is 15.0 Å². The number of nitrogens with zero attached hydrogens (tertiary/aromatic N) is 1. The van der Waals surface area contributed by atoms with Gasteiger partial charge in [0.25, 0.3) is 5.91 Å². The fourth-order valence-corrected chi connectivity index (χ4v) is 4.24. The van der Waals surface area contributed by atoms with Gasteiger partial charge in [0.2, 0.25) is 5.90 Å². The monoisotopic (exact) mass is 579 g/mol. The number of nitrogens with one attached hydrogen (secondary N) is 2. The maximum Gasteiger partial charge on any atom is 0.306 e. The molecule has 0 fully saturated rings. The third-order valence-electron chi connectivity index (χ3n) is 5.94. The highest BCUT2D eigenvalue weighted by molar-refractivity contribution is 6.42. The first-order valence-corrected chi connectivity index (χ1v) is 13.5. The molecule has 3 N–H and O–H groups in total. The highest BCUT2D eigenvalue weighted by Crippen LogP contribution is 2.34. The Morgan fingerprint density at radius 1 is 1.13 bits per heavy atom. The van der Waals surface area contributed by atoms with Crippen molar-refractivity contribution in [2.75, 3.05) is 13.2 Å². The summed E-state index contributed by atoms with van der Waals surface area (Å²) in [6.07, 6.45) is -0.0830. The van der Waals surface area contributed by atoms with Crippen LogP contribution in [0.2, 0.25) is 10.0 Å². The van der Waals surface area contributed by atoms with Crippen LogP contribution in [0.3, 0.4) is 0 Å². The van der Waals surface area contributed by atoms with Crippen molar-refractivity contribution < 1.29 is 28.9 Å². The molecule has 9 nitrogen and oxygen atoms in total. The summed E-state index contributed by atoms with van der Waals surface area (Å²) in [5.41, 5.74) is 5.06. The van der Waals surface area contributed by atoms with Gasteiger partial charge in [0, 0.05) is 31.6 Å². The summed E-state index contributed by atoms with van der Waals surface area (Å²) in [5.74, 6) is 0.0451. The van der Waals surface area contributed by atoms with Crippen LogP contribution in [0, 0.1) is 0 Å². The summed E-state index contributed by atoms with van der Waals surface area (Å²) < 4.78 is 17.1. The third kappa shape index (κ3) is 8.57. The maximum atomic E-state index is 13.6. The number of carbonyl (C=O) groups excluding carboxylic acids is 2. The Bertz CT molecular complexity index is 1180. The van der Waals surface area contributed by atoms with Crippen molar-refractivity contribution in [1.82, 2.24) is 10.9 Å². The number of amides is 1. The molecular formula is C28H35Cl2N3O6. The highest BCUT2D eigenvalue weighted by Gasteiger charge is 2.50. The average Bonchev–Trinajstić information content (AvgIpc) is 3.21. The lowest BCUT2D eigenvalue weighted by Gasteiger charge is -2.28. The molecule has 212 valence electrons. The predicted molar refractivity (Wildman–Crippen MR) is 150 cm³/mol.